The molecule has 0 saturated carbocycles. The lowest BCUT2D eigenvalue weighted by molar-refractivity contribution is 0.271. The number of rotatable bonds is 0. The predicted molar refractivity (Wildman–Crippen MR) is 58.8 cm³/mol. The van der Waals surface area contributed by atoms with Gasteiger partial charge in [-0.15, -0.1) is 0 Å². The van der Waals surface area contributed by atoms with Crippen molar-refractivity contribution in [1.29, 1.82) is 0 Å². The normalized spacial score (nSPS) is 39.2. The van der Waals surface area contributed by atoms with Gasteiger partial charge in [-0.1, -0.05) is 20.8 Å². The number of hydrogen-bond acceptors (Lipinski definition) is 1. The van der Waals surface area contributed by atoms with Gasteiger partial charge in [0.2, 0.25) is 0 Å². The topological polar surface area (TPSA) is 3.24 Å². The highest BCUT2D eigenvalue weighted by Crippen LogP contribution is 2.24. The van der Waals surface area contributed by atoms with E-state index in [0.29, 0.717) is 0 Å². The number of nitrogens with zero attached hydrogens (tertiary/aromatic N) is 1. The van der Waals surface area contributed by atoms with E-state index in [1.165, 1.54) is 32.4 Å². The minimum atomic E-state index is 0.880. The molecule has 1 heterocycles. The zero-order chi connectivity index (χ0) is 9.84. The lowest BCUT2D eigenvalue weighted by Gasteiger charge is -2.20. The van der Waals surface area contributed by atoms with Crippen LogP contribution in [0.1, 0.15) is 40.0 Å². The molecule has 0 aliphatic carbocycles. The van der Waals surface area contributed by atoms with E-state index in [4.69, 9.17) is 0 Å². The first kappa shape index (κ1) is 11.0. The Morgan fingerprint density at radius 2 is 1.54 bits per heavy atom. The molecule has 0 radical (unpaired) electrons. The van der Waals surface area contributed by atoms with Crippen molar-refractivity contribution in [2.45, 2.75) is 40.0 Å². The SMILES string of the molecule is CC1CCN(C)CC(C)CC(C)C1. The van der Waals surface area contributed by atoms with Crippen LogP contribution in [-0.4, -0.2) is 25.0 Å². The fourth-order valence-electron chi connectivity index (χ4n) is 2.73. The molecule has 3 atom stereocenters. The largest absolute Gasteiger partial charge is 0.306 e. The molecular weight excluding hydrogens is 158 g/mol. The van der Waals surface area contributed by atoms with Gasteiger partial charge < -0.3 is 4.90 Å². The van der Waals surface area contributed by atoms with E-state index < -0.39 is 0 Å². The summed E-state index contributed by atoms with van der Waals surface area (Å²) in [4.78, 5) is 2.50. The molecule has 0 N–H and O–H groups in total. The van der Waals surface area contributed by atoms with Crippen LogP contribution in [0, 0.1) is 17.8 Å². The van der Waals surface area contributed by atoms with Crippen LogP contribution in [0.4, 0.5) is 0 Å². The summed E-state index contributed by atoms with van der Waals surface area (Å²) in [6, 6.07) is 0. The van der Waals surface area contributed by atoms with E-state index in [-0.39, 0.29) is 0 Å². The van der Waals surface area contributed by atoms with E-state index in [0.717, 1.165) is 17.8 Å². The molecule has 13 heavy (non-hydrogen) atoms. The van der Waals surface area contributed by atoms with Crippen LogP contribution in [0.15, 0.2) is 0 Å². The summed E-state index contributed by atoms with van der Waals surface area (Å²) in [5.74, 6) is 2.73. The smallest absolute Gasteiger partial charge is 0.000407 e. The Morgan fingerprint density at radius 1 is 0.923 bits per heavy atom. The van der Waals surface area contributed by atoms with Crippen molar-refractivity contribution >= 4 is 0 Å². The van der Waals surface area contributed by atoms with Crippen LogP contribution < -0.4 is 0 Å². The van der Waals surface area contributed by atoms with Crippen LogP contribution in [0.5, 0.6) is 0 Å². The van der Waals surface area contributed by atoms with Crippen molar-refractivity contribution in [3.05, 3.63) is 0 Å². The fourth-order valence-corrected chi connectivity index (χ4v) is 2.73. The number of hydrogen-bond donors (Lipinski definition) is 0. The van der Waals surface area contributed by atoms with Gasteiger partial charge in [-0.3, -0.25) is 0 Å². The Kier molecular flexibility index (Phi) is 4.24. The van der Waals surface area contributed by atoms with E-state index in [9.17, 15) is 0 Å². The van der Waals surface area contributed by atoms with Crippen LogP contribution in [-0.2, 0) is 0 Å². The van der Waals surface area contributed by atoms with E-state index in [1.807, 2.05) is 0 Å². The van der Waals surface area contributed by atoms with Gasteiger partial charge in [0.1, 0.15) is 0 Å². The maximum Gasteiger partial charge on any atom is 0.000407 e. The molecule has 1 saturated heterocycles. The molecule has 1 rings (SSSR count). The summed E-state index contributed by atoms with van der Waals surface area (Å²) in [6.07, 6.45) is 4.22. The standard InChI is InChI=1S/C12H25N/c1-10-5-6-13(4)9-12(3)8-11(2)7-10/h10-12H,5-9H2,1-4H3. The molecule has 1 fully saturated rings. The third-order valence-corrected chi connectivity index (χ3v) is 3.24. The summed E-state index contributed by atoms with van der Waals surface area (Å²) in [5, 5.41) is 0. The second kappa shape index (κ2) is 4.99. The quantitative estimate of drug-likeness (QED) is 0.558. The molecule has 0 aromatic carbocycles. The highest BCUT2D eigenvalue weighted by Gasteiger charge is 2.17. The van der Waals surface area contributed by atoms with Gasteiger partial charge in [0.05, 0.1) is 0 Å². The van der Waals surface area contributed by atoms with E-state index in [2.05, 4.69) is 32.7 Å². The van der Waals surface area contributed by atoms with Crippen LogP contribution >= 0.6 is 0 Å². The summed E-state index contributed by atoms with van der Waals surface area (Å²) in [5.41, 5.74) is 0. The highest BCUT2D eigenvalue weighted by atomic mass is 15.1. The molecule has 78 valence electrons. The monoisotopic (exact) mass is 183 g/mol. The van der Waals surface area contributed by atoms with Gasteiger partial charge in [0.15, 0.2) is 0 Å². The molecule has 0 aromatic heterocycles. The average molecular weight is 183 g/mol. The molecule has 0 aromatic rings. The lowest BCUT2D eigenvalue weighted by atomic mass is 9.89. The zero-order valence-corrected chi connectivity index (χ0v) is 9.71. The first-order valence-corrected chi connectivity index (χ1v) is 5.76. The lowest BCUT2D eigenvalue weighted by Crippen LogP contribution is -2.25. The van der Waals surface area contributed by atoms with Crippen molar-refractivity contribution in [3.8, 4) is 0 Å². The third-order valence-electron chi connectivity index (χ3n) is 3.24. The molecule has 1 nitrogen and oxygen atoms in total. The Morgan fingerprint density at radius 3 is 2.23 bits per heavy atom. The van der Waals surface area contributed by atoms with E-state index in [1.54, 1.807) is 0 Å². The first-order valence-electron chi connectivity index (χ1n) is 5.76. The minimum Gasteiger partial charge on any atom is -0.306 e. The van der Waals surface area contributed by atoms with E-state index >= 15 is 0 Å². The van der Waals surface area contributed by atoms with Gasteiger partial charge in [-0.2, -0.15) is 0 Å². The first-order chi connectivity index (χ1) is 6.08. The second-order valence-corrected chi connectivity index (χ2v) is 5.34. The molecule has 3 unspecified atom stereocenters. The average Bonchev–Trinajstić information content (AvgIpc) is 2.02. The second-order valence-electron chi connectivity index (χ2n) is 5.34. The Bertz CT molecular complexity index is 128. The Hall–Kier alpha value is -0.0400. The molecule has 0 spiro atoms. The zero-order valence-electron chi connectivity index (χ0n) is 9.71. The minimum absolute atomic E-state index is 0.880. The van der Waals surface area contributed by atoms with Gasteiger partial charge in [-0.05, 0) is 50.6 Å². The van der Waals surface area contributed by atoms with Crippen molar-refractivity contribution in [2.75, 3.05) is 20.1 Å². The molecule has 1 aliphatic rings. The summed E-state index contributed by atoms with van der Waals surface area (Å²) in [6.45, 7) is 9.79. The maximum absolute atomic E-state index is 2.50. The van der Waals surface area contributed by atoms with Crippen LogP contribution in [0.25, 0.3) is 0 Å². The van der Waals surface area contributed by atoms with Crippen molar-refractivity contribution in [3.63, 3.8) is 0 Å². The van der Waals surface area contributed by atoms with Crippen molar-refractivity contribution < 1.29 is 0 Å². The predicted octanol–water partition coefficient (Wildman–Crippen LogP) is 3.01. The fraction of sp³-hybridized carbons (Fsp3) is 1.00. The van der Waals surface area contributed by atoms with Gasteiger partial charge >= 0.3 is 0 Å². The summed E-state index contributed by atoms with van der Waals surface area (Å²) in [7, 11) is 2.26. The molecule has 1 aliphatic heterocycles. The van der Waals surface area contributed by atoms with Gasteiger partial charge in [0, 0.05) is 6.54 Å². The third kappa shape index (κ3) is 4.12. The van der Waals surface area contributed by atoms with Crippen LogP contribution in [0.3, 0.4) is 0 Å². The molecular formula is C12H25N. The molecule has 1 heteroatoms. The Balaban J connectivity index is 2.47. The maximum atomic E-state index is 2.50. The Labute approximate surface area is 83.5 Å². The van der Waals surface area contributed by atoms with Crippen molar-refractivity contribution in [2.24, 2.45) is 17.8 Å². The molecule has 0 amide bonds. The molecule has 0 bridgehead atoms. The van der Waals surface area contributed by atoms with Crippen LogP contribution in [0.2, 0.25) is 0 Å². The highest BCUT2D eigenvalue weighted by molar-refractivity contribution is 4.70. The van der Waals surface area contributed by atoms with Crippen molar-refractivity contribution in [1.82, 2.24) is 4.90 Å². The van der Waals surface area contributed by atoms with Gasteiger partial charge in [0.25, 0.3) is 0 Å². The summed E-state index contributed by atoms with van der Waals surface area (Å²) >= 11 is 0. The summed E-state index contributed by atoms with van der Waals surface area (Å²) < 4.78 is 0. The van der Waals surface area contributed by atoms with Gasteiger partial charge in [-0.25, -0.2) is 0 Å².